The summed E-state index contributed by atoms with van der Waals surface area (Å²) in [6.07, 6.45) is 7.61. The number of amides is 1. The van der Waals surface area contributed by atoms with Crippen LogP contribution in [0.1, 0.15) is 65.1 Å². The monoisotopic (exact) mass is 402 g/mol. The number of aryl methyl sites for hydroxylation is 2. The van der Waals surface area contributed by atoms with E-state index in [2.05, 4.69) is 23.1 Å². The average molecular weight is 403 g/mol. The highest BCUT2D eigenvalue weighted by molar-refractivity contribution is 5.94. The second-order valence-electron chi connectivity index (χ2n) is 8.33. The molecule has 1 aliphatic carbocycles. The van der Waals surface area contributed by atoms with E-state index in [0.717, 1.165) is 41.1 Å². The van der Waals surface area contributed by atoms with Crippen molar-refractivity contribution in [1.82, 2.24) is 19.7 Å². The van der Waals surface area contributed by atoms with Gasteiger partial charge in [-0.25, -0.2) is 0 Å². The number of pyridine rings is 1. The molecule has 1 aromatic carbocycles. The summed E-state index contributed by atoms with van der Waals surface area (Å²) in [6, 6.07) is 16.3. The summed E-state index contributed by atoms with van der Waals surface area (Å²) in [4.78, 5) is 20.0. The van der Waals surface area contributed by atoms with Gasteiger partial charge < -0.3 is 4.90 Å². The number of benzene rings is 1. The van der Waals surface area contributed by atoms with Crippen LogP contribution in [0.4, 0.5) is 0 Å². The molecule has 1 fully saturated rings. The molecule has 5 heteroatoms. The zero-order valence-corrected chi connectivity index (χ0v) is 17.9. The lowest BCUT2D eigenvalue weighted by Crippen LogP contribution is -2.41. The maximum Gasteiger partial charge on any atom is 0.254 e. The molecule has 0 spiro atoms. The molecule has 2 heterocycles. The Bertz CT molecular complexity index is 972. The van der Waals surface area contributed by atoms with Gasteiger partial charge in [0, 0.05) is 23.5 Å². The van der Waals surface area contributed by atoms with Gasteiger partial charge in [-0.1, -0.05) is 37.5 Å². The zero-order valence-electron chi connectivity index (χ0n) is 17.9. The van der Waals surface area contributed by atoms with Crippen molar-refractivity contribution in [3.63, 3.8) is 0 Å². The summed E-state index contributed by atoms with van der Waals surface area (Å²) in [5.41, 5.74) is 5.00. The predicted molar refractivity (Wildman–Crippen MR) is 118 cm³/mol. The lowest BCUT2D eigenvalue weighted by Gasteiger charge is -2.34. The van der Waals surface area contributed by atoms with Gasteiger partial charge in [-0.2, -0.15) is 5.10 Å². The minimum Gasteiger partial charge on any atom is -0.330 e. The van der Waals surface area contributed by atoms with E-state index in [9.17, 15) is 4.79 Å². The molecule has 1 saturated carbocycles. The Morgan fingerprint density at radius 1 is 1.07 bits per heavy atom. The number of hydrogen-bond acceptors (Lipinski definition) is 3. The SMILES string of the molecule is Cc1cc(C)n(Cc2ccc(C(=O)N(Cc3ccccn3)C3CCCCC3)cc2)n1. The molecule has 0 unspecified atom stereocenters. The second-order valence-corrected chi connectivity index (χ2v) is 8.33. The van der Waals surface area contributed by atoms with Gasteiger partial charge in [-0.15, -0.1) is 0 Å². The third-order valence-corrected chi connectivity index (χ3v) is 5.97. The maximum atomic E-state index is 13.5. The van der Waals surface area contributed by atoms with Crippen molar-refractivity contribution in [3.05, 3.63) is 82.9 Å². The molecule has 4 rings (SSSR count). The normalized spacial score (nSPS) is 14.6. The van der Waals surface area contributed by atoms with Gasteiger partial charge in [-0.05, 0) is 62.6 Å². The highest BCUT2D eigenvalue weighted by Gasteiger charge is 2.26. The zero-order chi connectivity index (χ0) is 20.9. The Balaban J connectivity index is 1.52. The molecule has 0 atom stereocenters. The first-order valence-corrected chi connectivity index (χ1v) is 10.9. The van der Waals surface area contributed by atoms with Crippen LogP contribution in [0, 0.1) is 13.8 Å². The third kappa shape index (κ3) is 4.78. The number of nitrogens with zero attached hydrogens (tertiary/aromatic N) is 4. The number of rotatable bonds is 6. The fourth-order valence-electron chi connectivity index (χ4n) is 4.35. The van der Waals surface area contributed by atoms with E-state index in [1.807, 2.05) is 59.0 Å². The van der Waals surface area contributed by atoms with Gasteiger partial charge in [0.1, 0.15) is 0 Å². The molecular weight excluding hydrogens is 372 g/mol. The van der Waals surface area contributed by atoms with Crippen molar-refractivity contribution in [2.45, 2.75) is 65.1 Å². The lowest BCUT2D eigenvalue weighted by atomic mass is 9.93. The number of aromatic nitrogens is 3. The van der Waals surface area contributed by atoms with Crippen LogP contribution in [0.15, 0.2) is 54.7 Å². The molecule has 0 N–H and O–H groups in total. The van der Waals surface area contributed by atoms with Crippen molar-refractivity contribution in [2.24, 2.45) is 0 Å². The van der Waals surface area contributed by atoms with Crippen molar-refractivity contribution >= 4 is 5.91 Å². The summed E-state index contributed by atoms with van der Waals surface area (Å²) in [5, 5.41) is 4.53. The van der Waals surface area contributed by atoms with E-state index in [0.29, 0.717) is 19.1 Å². The number of carbonyl (C=O) groups excluding carboxylic acids is 1. The molecule has 1 amide bonds. The summed E-state index contributed by atoms with van der Waals surface area (Å²) < 4.78 is 2.00. The van der Waals surface area contributed by atoms with Crippen molar-refractivity contribution < 1.29 is 4.79 Å². The molecule has 3 aromatic rings. The van der Waals surface area contributed by atoms with Crippen LogP contribution in [0.25, 0.3) is 0 Å². The molecule has 156 valence electrons. The standard InChI is InChI=1S/C25H30N4O/c1-19-16-20(2)29(27-19)17-21-11-13-22(14-12-21)25(30)28(24-9-4-3-5-10-24)18-23-8-6-7-15-26-23/h6-8,11-16,24H,3-5,9-10,17-18H2,1-2H3. The van der Waals surface area contributed by atoms with Crippen molar-refractivity contribution in [3.8, 4) is 0 Å². The summed E-state index contributed by atoms with van der Waals surface area (Å²) >= 11 is 0. The highest BCUT2D eigenvalue weighted by atomic mass is 16.2. The number of carbonyl (C=O) groups is 1. The van der Waals surface area contributed by atoms with E-state index in [-0.39, 0.29) is 5.91 Å². The average Bonchev–Trinajstić information content (AvgIpc) is 3.10. The molecule has 1 aliphatic rings. The summed E-state index contributed by atoms with van der Waals surface area (Å²) in [5.74, 6) is 0.102. The smallest absolute Gasteiger partial charge is 0.254 e. The van der Waals surface area contributed by atoms with Crippen LogP contribution in [0.5, 0.6) is 0 Å². The Labute approximate surface area is 178 Å². The first kappa shape index (κ1) is 20.3. The molecule has 0 aliphatic heterocycles. The van der Waals surface area contributed by atoms with E-state index in [1.54, 1.807) is 6.20 Å². The van der Waals surface area contributed by atoms with Gasteiger partial charge in [0.05, 0.1) is 24.5 Å². The molecule has 0 radical (unpaired) electrons. The lowest BCUT2D eigenvalue weighted by molar-refractivity contribution is 0.0611. The van der Waals surface area contributed by atoms with Gasteiger partial charge in [0.25, 0.3) is 5.91 Å². The van der Waals surface area contributed by atoms with Crippen LogP contribution in [0.2, 0.25) is 0 Å². The molecule has 30 heavy (non-hydrogen) atoms. The molecule has 2 aromatic heterocycles. The van der Waals surface area contributed by atoms with Gasteiger partial charge in [0.2, 0.25) is 0 Å². The Morgan fingerprint density at radius 3 is 2.47 bits per heavy atom. The van der Waals surface area contributed by atoms with E-state index in [1.165, 1.54) is 19.3 Å². The molecule has 0 bridgehead atoms. The third-order valence-electron chi connectivity index (χ3n) is 5.97. The van der Waals surface area contributed by atoms with Gasteiger partial charge in [-0.3, -0.25) is 14.5 Å². The fourth-order valence-corrected chi connectivity index (χ4v) is 4.35. The fraction of sp³-hybridized carbons (Fsp3) is 0.400. The van der Waals surface area contributed by atoms with E-state index in [4.69, 9.17) is 0 Å². The first-order chi connectivity index (χ1) is 14.6. The summed E-state index contributed by atoms with van der Waals surface area (Å²) in [6.45, 7) is 5.36. The summed E-state index contributed by atoms with van der Waals surface area (Å²) in [7, 11) is 0. The minimum atomic E-state index is 0.102. The topological polar surface area (TPSA) is 51.0 Å². The maximum absolute atomic E-state index is 13.5. The molecule has 0 saturated heterocycles. The van der Waals surface area contributed by atoms with Crippen LogP contribution >= 0.6 is 0 Å². The first-order valence-electron chi connectivity index (χ1n) is 10.9. The van der Waals surface area contributed by atoms with Crippen molar-refractivity contribution in [2.75, 3.05) is 0 Å². The number of hydrogen-bond donors (Lipinski definition) is 0. The van der Waals surface area contributed by atoms with Gasteiger partial charge >= 0.3 is 0 Å². The Morgan fingerprint density at radius 2 is 1.83 bits per heavy atom. The minimum absolute atomic E-state index is 0.102. The largest absolute Gasteiger partial charge is 0.330 e. The highest BCUT2D eigenvalue weighted by Crippen LogP contribution is 2.25. The second kappa shape index (κ2) is 9.24. The van der Waals surface area contributed by atoms with Crippen LogP contribution in [-0.2, 0) is 13.1 Å². The van der Waals surface area contributed by atoms with E-state index < -0.39 is 0 Å². The Hall–Kier alpha value is -2.95. The van der Waals surface area contributed by atoms with Crippen LogP contribution in [-0.4, -0.2) is 31.6 Å². The molecular formula is C25H30N4O. The molecule has 5 nitrogen and oxygen atoms in total. The van der Waals surface area contributed by atoms with Crippen LogP contribution in [0.3, 0.4) is 0 Å². The quantitative estimate of drug-likeness (QED) is 0.588. The van der Waals surface area contributed by atoms with Gasteiger partial charge in [0.15, 0.2) is 0 Å². The Kier molecular flexibility index (Phi) is 6.26. The van der Waals surface area contributed by atoms with Crippen LogP contribution < -0.4 is 0 Å². The van der Waals surface area contributed by atoms with E-state index >= 15 is 0 Å². The predicted octanol–water partition coefficient (Wildman–Crippen LogP) is 4.92. The van der Waals surface area contributed by atoms with Crippen molar-refractivity contribution in [1.29, 1.82) is 0 Å².